The normalized spacial score (nSPS) is 11.6. The average Bonchev–Trinajstić information content (AvgIpc) is 2.94. The highest BCUT2D eigenvalue weighted by Crippen LogP contribution is 2.25. The molecule has 1 aromatic carbocycles. The lowest BCUT2D eigenvalue weighted by Gasteiger charge is -2.21. The van der Waals surface area contributed by atoms with Crippen molar-refractivity contribution in [3.8, 4) is 0 Å². The maximum Gasteiger partial charge on any atom is 0.355 e. The second-order valence-electron chi connectivity index (χ2n) is 6.27. The number of esters is 2. The van der Waals surface area contributed by atoms with E-state index in [9.17, 15) is 14.4 Å². The number of rotatable bonds is 6. The lowest BCUT2D eigenvalue weighted by Crippen LogP contribution is -2.31. The Morgan fingerprint density at radius 3 is 2.26 bits per heavy atom. The number of hydrogen-bond donors (Lipinski definition) is 1. The van der Waals surface area contributed by atoms with Crippen LogP contribution in [0.15, 0.2) is 30.3 Å². The minimum absolute atomic E-state index is 0.205. The van der Waals surface area contributed by atoms with Gasteiger partial charge in [0.15, 0.2) is 0 Å². The average molecular weight is 372 g/mol. The molecule has 1 atom stereocenters. The van der Waals surface area contributed by atoms with Crippen molar-refractivity contribution in [2.75, 3.05) is 20.7 Å². The Bertz CT molecular complexity index is 840. The maximum absolute atomic E-state index is 12.8. The summed E-state index contributed by atoms with van der Waals surface area (Å²) in [5.41, 5.74) is 1.91. The molecule has 1 amide bonds. The van der Waals surface area contributed by atoms with E-state index in [1.165, 1.54) is 4.90 Å². The highest BCUT2D eigenvalue weighted by molar-refractivity contribution is 5.99. The number of aromatic amines is 1. The topological polar surface area (TPSA) is 88.7 Å². The fraction of sp³-hybridized carbons (Fsp3) is 0.350. The summed E-state index contributed by atoms with van der Waals surface area (Å²) >= 11 is 0. The molecule has 144 valence electrons. The number of amides is 1. The van der Waals surface area contributed by atoms with Crippen LogP contribution in [0.4, 0.5) is 0 Å². The van der Waals surface area contributed by atoms with Crippen LogP contribution in [0.2, 0.25) is 0 Å². The molecule has 2 rings (SSSR count). The third kappa shape index (κ3) is 4.36. The first-order chi connectivity index (χ1) is 12.8. The Kier molecular flexibility index (Phi) is 6.39. The van der Waals surface area contributed by atoms with Crippen molar-refractivity contribution in [3.63, 3.8) is 0 Å². The van der Waals surface area contributed by atoms with Crippen molar-refractivity contribution in [1.82, 2.24) is 9.88 Å². The monoisotopic (exact) mass is 372 g/mol. The van der Waals surface area contributed by atoms with Gasteiger partial charge in [-0.15, -0.1) is 0 Å². The van der Waals surface area contributed by atoms with E-state index >= 15 is 0 Å². The number of benzene rings is 1. The summed E-state index contributed by atoms with van der Waals surface area (Å²) in [7, 11) is 3.19. The van der Waals surface area contributed by atoms with Crippen molar-refractivity contribution in [1.29, 1.82) is 0 Å². The molecule has 27 heavy (non-hydrogen) atoms. The largest absolute Gasteiger partial charge is 0.461 e. The van der Waals surface area contributed by atoms with E-state index < -0.39 is 18.0 Å². The molecule has 7 nitrogen and oxygen atoms in total. The minimum Gasteiger partial charge on any atom is -0.461 e. The number of likely N-dealkylation sites (N-methyl/N-ethyl adjacent to an activating group) is 1. The molecule has 1 heterocycles. The van der Waals surface area contributed by atoms with Crippen molar-refractivity contribution >= 4 is 17.8 Å². The predicted molar refractivity (Wildman–Crippen MR) is 99.5 cm³/mol. The Balaban J connectivity index is 2.36. The molecule has 0 radical (unpaired) electrons. The number of ether oxygens (including phenoxy) is 2. The van der Waals surface area contributed by atoms with Crippen LogP contribution in [0, 0.1) is 13.8 Å². The Hall–Kier alpha value is -3.09. The third-order valence-electron chi connectivity index (χ3n) is 4.11. The van der Waals surface area contributed by atoms with Gasteiger partial charge in [-0.2, -0.15) is 0 Å². The van der Waals surface area contributed by atoms with E-state index in [4.69, 9.17) is 9.47 Å². The number of carbonyl (C=O) groups excluding carboxylic acids is 3. The van der Waals surface area contributed by atoms with Gasteiger partial charge in [0, 0.05) is 25.4 Å². The van der Waals surface area contributed by atoms with Gasteiger partial charge in [-0.25, -0.2) is 9.59 Å². The highest BCUT2D eigenvalue weighted by Gasteiger charge is 2.30. The van der Waals surface area contributed by atoms with Crippen LogP contribution < -0.4 is 0 Å². The molecule has 1 N–H and O–H groups in total. The van der Waals surface area contributed by atoms with Crippen LogP contribution in [0.3, 0.4) is 0 Å². The summed E-state index contributed by atoms with van der Waals surface area (Å²) in [6, 6.07) is 8.80. The number of aryl methyl sites for hydroxylation is 1. The van der Waals surface area contributed by atoms with E-state index in [1.807, 2.05) is 6.07 Å². The molecule has 0 spiro atoms. The van der Waals surface area contributed by atoms with Crippen molar-refractivity contribution in [2.45, 2.75) is 26.9 Å². The Morgan fingerprint density at radius 1 is 1.07 bits per heavy atom. The van der Waals surface area contributed by atoms with Gasteiger partial charge in [0.2, 0.25) is 6.10 Å². The Labute approximate surface area is 158 Å². The van der Waals surface area contributed by atoms with Crippen LogP contribution in [-0.4, -0.2) is 48.4 Å². The number of nitrogens with one attached hydrogen (secondary N) is 1. The zero-order chi connectivity index (χ0) is 20.1. The molecular weight excluding hydrogens is 348 g/mol. The summed E-state index contributed by atoms with van der Waals surface area (Å²) in [6.07, 6.45) is -1.08. The van der Waals surface area contributed by atoms with Crippen molar-refractivity contribution in [3.05, 3.63) is 58.4 Å². The second-order valence-corrected chi connectivity index (χ2v) is 6.27. The molecule has 1 unspecified atom stereocenters. The number of aromatic nitrogens is 1. The predicted octanol–water partition coefficient (Wildman–Crippen LogP) is 2.79. The van der Waals surface area contributed by atoms with Gasteiger partial charge in [-0.05, 0) is 26.3 Å². The molecule has 7 heteroatoms. The van der Waals surface area contributed by atoms with Crippen LogP contribution in [-0.2, 0) is 14.3 Å². The van der Waals surface area contributed by atoms with E-state index in [0.717, 1.165) is 0 Å². The third-order valence-corrected chi connectivity index (χ3v) is 4.11. The number of carbonyl (C=O) groups is 3. The molecule has 0 fully saturated rings. The smallest absolute Gasteiger partial charge is 0.355 e. The molecular formula is C20H24N2O5. The summed E-state index contributed by atoms with van der Waals surface area (Å²) < 4.78 is 10.6. The van der Waals surface area contributed by atoms with Crippen LogP contribution in [0.25, 0.3) is 0 Å². The van der Waals surface area contributed by atoms with E-state index in [0.29, 0.717) is 16.8 Å². The molecule has 1 aromatic heterocycles. The lowest BCUT2D eigenvalue weighted by atomic mass is 10.1. The van der Waals surface area contributed by atoms with Crippen molar-refractivity contribution in [2.24, 2.45) is 0 Å². The van der Waals surface area contributed by atoms with Gasteiger partial charge >= 0.3 is 11.9 Å². The van der Waals surface area contributed by atoms with E-state index in [2.05, 4.69) is 4.98 Å². The molecule has 0 aliphatic heterocycles. The fourth-order valence-corrected chi connectivity index (χ4v) is 2.75. The van der Waals surface area contributed by atoms with Crippen molar-refractivity contribution < 1.29 is 23.9 Å². The van der Waals surface area contributed by atoms with Crippen LogP contribution in [0.1, 0.15) is 50.7 Å². The van der Waals surface area contributed by atoms with Gasteiger partial charge in [-0.1, -0.05) is 30.3 Å². The summed E-state index contributed by atoms with van der Waals surface area (Å²) in [5.74, 6) is -1.58. The molecule has 0 bridgehead atoms. The molecule has 0 aliphatic carbocycles. The van der Waals surface area contributed by atoms with E-state index in [-0.39, 0.29) is 23.8 Å². The highest BCUT2D eigenvalue weighted by atomic mass is 16.5. The zero-order valence-electron chi connectivity index (χ0n) is 16.2. The standard InChI is InChI=1S/C20H24N2O5/c1-6-26-20(25)16-12(2)15(13(3)21-16)19(24)27-17(18(23)22(4)5)14-10-8-7-9-11-14/h7-11,17,21H,6H2,1-5H3. The number of nitrogens with zero attached hydrogens (tertiary/aromatic N) is 1. The Morgan fingerprint density at radius 2 is 1.70 bits per heavy atom. The van der Waals surface area contributed by atoms with Gasteiger partial charge < -0.3 is 19.4 Å². The van der Waals surface area contributed by atoms with Gasteiger partial charge in [-0.3, -0.25) is 4.79 Å². The number of hydrogen-bond acceptors (Lipinski definition) is 5. The van der Waals surface area contributed by atoms with E-state index in [1.54, 1.807) is 59.1 Å². The molecule has 2 aromatic rings. The van der Waals surface area contributed by atoms with Crippen LogP contribution in [0.5, 0.6) is 0 Å². The second kappa shape index (κ2) is 8.53. The quantitative estimate of drug-likeness (QED) is 0.788. The first-order valence-corrected chi connectivity index (χ1v) is 8.61. The summed E-state index contributed by atoms with van der Waals surface area (Å²) in [5, 5.41) is 0. The summed E-state index contributed by atoms with van der Waals surface area (Å²) in [6.45, 7) is 5.23. The fourth-order valence-electron chi connectivity index (χ4n) is 2.75. The SMILES string of the molecule is CCOC(=O)c1[nH]c(C)c(C(=O)OC(C(=O)N(C)C)c2ccccc2)c1C. The maximum atomic E-state index is 12.8. The summed E-state index contributed by atoms with van der Waals surface area (Å²) in [4.78, 5) is 41.6. The first kappa shape index (κ1) is 20.2. The molecule has 0 aliphatic rings. The first-order valence-electron chi connectivity index (χ1n) is 8.61. The number of H-pyrrole nitrogens is 1. The molecule has 0 saturated heterocycles. The minimum atomic E-state index is -1.08. The zero-order valence-corrected chi connectivity index (χ0v) is 16.2. The van der Waals surface area contributed by atoms with Crippen LogP contribution >= 0.6 is 0 Å². The van der Waals surface area contributed by atoms with Gasteiger partial charge in [0.25, 0.3) is 5.91 Å². The van der Waals surface area contributed by atoms with Gasteiger partial charge in [0.05, 0.1) is 12.2 Å². The van der Waals surface area contributed by atoms with Gasteiger partial charge in [0.1, 0.15) is 5.69 Å². The molecule has 0 saturated carbocycles. The lowest BCUT2D eigenvalue weighted by molar-refractivity contribution is -0.138.